The molecule has 2 fully saturated rings. The second-order valence-corrected chi connectivity index (χ2v) is 4.65. The van der Waals surface area contributed by atoms with Crippen LogP contribution >= 0.6 is 0 Å². The number of hydrogen-bond donors (Lipinski definition) is 1. The quantitative estimate of drug-likeness (QED) is 0.678. The van der Waals surface area contributed by atoms with E-state index in [0.717, 1.165) is 19.3 Å². The zero-order valence-electron chi connectivity index (χ0n) is 8.98. The van der Waals surface area contributed by atoms with Crippen molar-refractivity contribution in [2.45, 2.75) is 38.6 Å². The van der Waals surface area contributed by atoms with Gasteiger partial charge in [0.2, 0.25) is 11.8 Å². The molecule has 1 N–H and O–H groups in total. The normalized spacial score (nSPS) is 36.7. The van der Waals surface area contributed by atoms with Gasteiger partial charge in [-0.25, -0.2) is 0 Å². The molecule has 0 spiro atoms. The van der Waals surface area contributed by atoms with Crippen molar-refractivity contribution in [3.63, 3.8) is 0 Å². The maximum atomic E-state index is 11.8. The summed E-state index contributed by atoms with van der Waals surface area (Å²) in [5, 5.41) is 9.19. The Morgan fingerprint density at radius 2 is 2.13 bits per heavy atom. The predicted molar refractivity (Wildman–Crippen MR) is 53.8 cm³/mol. The van der Waals surface area contributed by atoms with E-state index in [1.807, 2.05) is 0 Å². The number of rotatable bonds is 2. The number of hydrogen-bond acceptors (Lipinski definition) is 3. The fraction of sp³-hybridized carbons (Fsp3) is 0.818. The van der Waals surface area contributed by atoms with Crippen molar-refractivity contribution in [1.29, 1.82) is 0 Å². The molecule has 0 radical (unpaired) electrons. The molecule has 1 heterocycles. The summed E-state index contributed by atoms with van der Waals surface area (Å²) in [5.74, 6) is -0.177. The molecule has 2 rings (SSSR count). The number of aliphatic hydroxyl groups is 1. The van der Waals surface area contributed by atoms with Gasteiger partial charge in [-0.3, -0.25) is 14.5 Å². The van der Waals surface area contributed by atoms with Crippen LogP contribution in [-0.4, -0.2) is 34.5 Å². The van der Waals surface area contributed by atoms with Crippen LogP contribution in [0.3, 0.4) is 0 Å². The van der Waals surface area contributed by atoms with E-state index in [-0.39, 0.29) is 36.3 Å². The molecule has 0 bridgehead atoms. The lowest BCUT2D eigenvalue weighted by molar-refractivity contribution is -0.143. The molecular formula is C11H17NO3. The largest absolute Gasteiger partial charge is 0.396 e. The Morgan fingerprint density at radius 3 is 2.67 bits per heavy atom. The van der Waals surface area contributed by atoms with E-state index in [2.05, 4.69) is 0 Å². The molecule has 3 unspecified atom stereocenters. The summed E-state index contributed by atoms with van der Waals surface area (Å²) in [4.78, 5) is 24.9. The zero-order chi connectivity index (χ0) is 11.0. The Balaban J connectivity index is 2.16. The van der Waals surface area contributed by atoms with Crippen molar-refractivity contribution in [2.75, 3.05) is 6.61 Å². The molecule has 2 aliphatic rings. The van der Waals surface area contributed by atoms with Crippen LogP contribution in [0.25, 0.3) is 0 Å². The minimum atomic E-state index is -0.169. The lowest BCUT2D eigenvalue weighted by Crippen LogP contribution is -2.43. The molecule has 84 valence electrons. The molecular weight excluding hydrogens is 194 g/mol. The number of imide groups is 1. The van der Waals surface area contributed by atoms with E-state index in [4.69, 9.17) is 0 Å². The van der Waals surface area contributed by atoms with Crippen molar-refractivity contribution >= 4 is 11.8 Å². The van der Waals surface area contributed by atoms with Crippen molar-refractivity contribution < 1.29 is 14.7 Å². The van der Waals surface area contributed by atoms with Crippen molar-refractivity contribution in [2.24, 2.45) is 11.8 Å². The third-order valence-electron chi connectivity index (χ3n) is 3.59. The van der Waals surface area contributed by atoms with Crippen LogP contribution in [0.5, 0.6) is 0 Å². The third-order valence-corrected chi connectivity index (χ3v) is 3.59. The van der Waals surface area contributed by atoms with Crippen LogP contribution in [0.2, 0.25) is 0 Å². The highest BCUT2D eigenvalue weighted by Crippen LogP contribution is 2.34. The molecule has 1 saturated carbocycles. The van der Waals surface area contributed by atoms with E-state index in [1.165, 1.54) is 4.90 Å². The summed E-state index contributed by atoms with van der Waals surface area (Å²) < 4.78 is 0. The summed E-state index contributed by atoms with van der Waals surface area (Å²) in [5.41, 5.74) is 0. The minimum Gasteiger partial charge on any atom is -0.396 e. The maximum Gasteiger partial charge on any atom is 0.232 e. The van der Waals surface area contributed by atoms with Crippen LogP contribution in [0, 0.1) is 11.8 Å². The van der Waals surface area contributed by atoms with Gasteiger partial charge in [0.1, 0.15) is 0 Å². The van der Waals surface area contributed by atoms with E-state index in [0.29, 0.717) is 6.42 Å². The minimum absolute atomic E-state index is 0.0417. The first kappa shape index (κ1) is 10.6. The van der Waals surface area contributed by atoms with Crippen molar-refractivity contribution in [3.05, 3.63) is 0 Å². The Kier molecular flexibility index (Phi) is 2.78. The first-order valence-electron chi connectivity index (χ1n) is 5.62. The van der Waals surface area contributed by atoms with Crippen LogP contribution in [0.4, 0.5) is 0 Å². The summed E-state index contributed by atoms with van der Waals surface area (Å²) in [7, 11) is 0. The molecule has 1 saturated heterocycles. The fourth-order valence-corrected chi connectivity index (χ4v) is 2.73. The van der Waals surface area contributed by atoms with Crippen LogP contribution < -0.4 is 0 Å². The first-order valence-corrected chi connectivity index (χ1v) is 5.62. The highest BCUT2D eigenvalue weighted by Gasteiger charge is 2.44. The summed E-state index contributed by atoms with van der Waals surface area (Å²) in [6.45, 7) is 1.87. The van der Waals surface area contributed by atoms with Gasteiger partial charge in [0, 0.05) is 30.9 Å². The number of likely N-dealkylation sites (tertiary alicyclic amines) is 1. The fourth-order valence-electron chi connectivity index (χ4n) is 2.73. The zero-order valence-corrected chi connectivity index (χ0v) is 8.98. The number of amides is 2. The van der Waals surface area contributed by atoms with E-state index >= 15 is 0 Å². The monoisotopic (exact) mass is 211 g/mol. The lowest BCUT2D eigenvalue weighted by atomic mass is 10.0. The van der Waals surface area contributed by atoms with Crippen LogP contribution in [0.15, 0.2) is 0 Å². The summed E-state index contributed by atoms with van der Waals surface area (Å²) >= 11 is 0. The van der Waals surface area contributed by atoms with Crippen LogP contribution in [0.1, 0.15) is 32.6 Å². The molecule has 15 heavy (non-hydrogen) atoms. The van der Waals surface area contributed by atoms with Gasteiger partial charge >= 0.3 is 0 Å². The number of aliphatic hydroxyl groups excluding tert-OH is 1. The highest BCUT2D eigenvalue weighted by atomic mass is 16.3. The van der Waals surface area contributed by atoms with Gasteiger partial charge in [-0.2, -0.15) is 0 Å². The second-order valence-electron chi connectivity index (χ2n) is 4.65. The van der Waals surface area contributed by atoms with Gasteiger partial charge in [0.05, 0.1) is 0 Å². The number of nitrogens with zero attached hydrogens (tertiary/aromatic N) is 1. The summed E-state index contributed by atoms with van der Waals surface area (Å²) in [6, 6.07) is -0.0417. The lowest BCUT2D eigenvalue weighted by Gasteiger charge is -2.27. The number of carbonyl (C=O) groups excluding carboxylic acids is 2. The van der Waals surface area contributed by atoms with Gasteiger partial charge in [-0.1, -0.05) is 13.3 Å². The Bertz CT molecular complexity index is 290. The van der Waals surface area contributed by atoms with Crippen molar-refractivity contribution in [3.8, 4) is 0 Å². The second kappa shape index (κ2) is 3.93. The molecule has 4 nitrogen and oxygen atoms in total. The van der Waals surface area contributed by atoms with Gasteiger partial charge in [-0.05, 0) is 12.8 Å². The van der Waals surface area contributed by atoms with Gasteiger partial charge in [-0.15, -0.1) is 0 Å². The van der Waals surface area contributed by atoms with Gasteiger partial charge < -0.3 is 5.11 Å². The van der Waals surface area contributed by atoms with Gasteiger partial charge in [0.15, 0.2) is 0 Å². The first-order chi connectivity index (χ1) is 7.15. The standard InChI is InChI=1S/C11H17NO3/c1-7-5-10(14)12(11(7)15)9-4-2-3-8(9)6-13/h7-9,13H,2-6H2,1H3. The topological polar surface area (TPSA) is 57.6 Å². The average Bonchev–Trinajstić information content (AvgIpc) is 2.73. The molecule has 0 aromatic carbocycles. The Labute approximate surface area is 89.3 Å². The molecule has 4 heteroatoms. The third kappa shape index (κ3) is 1.67. The molecule has 0 aromatic heterocycles. The Hall–Kier alpha value is -0.900. The van der Waals surface area contributed by atoms with Crippen LogP contribution in [-0.2, 0) is 9.59 Å². The van der Waals surface area contributed by atoms with E-state index in [1.54, 1.807) is 6.92 Å². The molecule has 1 aliphatic carbocycles. The molecule has 0 aromatic rings. The predicted octanol–water partition coefficient (Wildman–Crippen LogP) is 0.542. The smallest absolute Gasteiger partial charge is 0.232 e. The Morgan fingerprint density at radius 1 is 1.40 bits per heavy atom. The van der Waals surface area contributed by atoms with Crippen molar-refractivity contribution in [1.82, 2.24) is 4.90 Å². The molecule has 1 aliphatic heterocycles. The molecule has 2 amide bonds. The highest BCUT2D eigenvalue weighted by molar-refractivity contribution is 6.03. The SMILES string of the molecule is CC1CC(=O)N(C2CCCC2CO)C1=O. The average molecular weight is 211 g/mol. The van der Waals surface area contributed by atoms with Gasteiger partial charge in [0.25, 0.3) is 0 Å². The molecule has 3 atom stereocenters. The number of carbonyl (C=O) groups is 2. The summed E-state index contributed by atoms with van der Waals surface area (Å²) in [6.07, 6.45) is 3.12. The van der Waals surface area contributed by atoms with E-state index < -0.39 is 0 Å². The van der Waals surface area contributed by atoms with E-state index in [9.17, 15) is 14.7 Å². The maximum absolute atomic E-state index is 11.8.